The molecule has 28 heavy (non-hydrogen) atoms. The van der Waals surface area contributed by atoms with Crippen LogP contribution in [0.1, 0.15) is 18.2 Å². The third-order valence-corrected chi connectivity index (χ3v) is 5.13. The smallest absolute Gasteiger partial charge is 0.311 e. The fraction of sp³-hybridized carbons (Fsp3) is 0.190. The maximum Gasteiger partial charge on any atom is 0.311 e. The van der Waals surface area contributed by atoms with Gasteiger partial charge in [0.2, 0.25) is 5.91 Å². The zero-order chi connectivity index (χ0) is 19.5. The Hall–Kier alpha value is -3.19. The first-order valence-corrected chi connectivity index (χ1v) is 9.79. The van der Waals surface area contributed by atoms with E-state index in [1.54, 1.807) is 18.6 Å². The van der Waals surface area contributed by atoms with Gasteiger partial charge >= 0.3 is 5.97 Å². The summed E-state index contributed by atoms with van der Waals surface area (Å²) in [4.78, 5) is 28.3. The average molecular weight is 394 g/mol. The van der Waals surface area contributed by atoms with E-state index in [1.165, 1.54) is 11.3 Å². The molecule has 4 aromatic rings. The summed E-state index contributed by atoms with van der Waals surface area (Å²) < 4.78 is 10.5. The number of benzene rings is 2. The minimum Gasteiger partial charge on any atom is -0.466 e. The van der Waals surface area contributed by atoms with Gasteiger partial charge in [0.25, 0.3) is 0 Å². The molecule has 0 bridgehead atoms. The highest BCUT2D eigenvalue weighted by Crippen LogP contribution is 2.30. The number of ether oxygens (including phenoxy) is 1. The van der Waals surface area contributed by atoms with E-state index in [0.29, 0.717) is 17.4 Å². The van der Waals surface area contributed by atoms with Crippen molar-refractivity contribution in [3.05, 3.63) is 59.3 Å². The average Bonchev–Trinajstić information content (AvgIpc) is 3.29. The molecule has 4 rings (SSSR count). The zero-order valence-corrected chi connectivity index (χ0v) is 16.0. The number of esters is 1. The number of hydrogen-bond donors (Lipinski definition) is 1. The number of nitrogens with one attached hydrogen (secondary N) is 1. The van der Waals surface area contributed by atoms with Crippen molar-refractivity contribution < 1.29 is 18.7 Å². The summed E-state index contributed by atoms with van der Waals surface area (Å²) in [5, 5.41) is 8.11. The van der Waals surface area contributed by atoms with Gasteiger partial charge in [0.05, 0.1) is 31.4 Å². The van der Waals surface area contributed by atoms with Crippen LogP contribution in [0.15, 0.2) is 52.5 Å². The molecular weight excluding hydrogens is 376 g/mol. The van der Waals surface area contributed by atoms with Gasteiger partial charge in [0, 0.05) is 16.3 Å². The molecule has 0 aliphatic carbocycles. The number of anilines is 1. The van der Waals surface area contributed by atoms with Crippen LogP contribution in [0.2, 0.25) is 0 Å². The van der Waals surface area contributed by atoms with Crippen LogP contribution >= 0.6 is 11.3 Å². The van der Waals surface area contributed by atoms with Gasteiger partial charge in [-0.2, -0.15) is 0 Å². The molecule has 6 nitrogen and oxygen atoms in total. The minimum atomic E-state index is -0.331. The fourth-order valence-corrected chi connectivity index (χ4v) is 3.87. The normalized spacial score (nSPS) is 11.0. The number of furan rings is 1. The molecule has 2 aromatic carbocycles. The van der Waals surface area contributed by atoms with Crippen LogP contribution in [0.3, 0.4) is 0 Å². The maximum atomic E-state index is 12.5. The number of rotatable bonds is 6. The molecule has 7 heteroatoms. The quantitative estimate of drug-likeness (QED) is 0.492. The first-order chi connectivity index (χ1) is 13.6. The molecule has 0 radical (unpaired) electrons. The molecule has 2 aromatic heterocycles. The summed E-state index contributed by atoms with van der Waals surface area (Å²) in [6.45, 7) is 2.09. The van der Waals surface area contributed by atoms with Gasteiger partial charge in [-0.25, -0.2) is 4.98 Å². The molecular formula is C21H18N2O4S. The highest BCUT2D eigenvalue weighted by atomic mass is 32.1. The Labute approximate surface area is 165 Å². The number of fused-ring (bicyclic) bond motifs is 3. The van der Waals surface area contributed by atoms with Gasteiger partial charge in [-0.1, -0.05) is 30.3 Å². The lowest BCUT2D eigenvalue weighted by Gasteiger charge is -2.03. The van der Waals surface area contributed by atoms with E-state index in [0.717, 1.165) is 27.3 Å². The maximum absolute atomic E-state index is 12.5. The van der Waals surface area contributed by atoms with Gasteiger partial charge in [-0.15, -0.1) is 11.3 Å². The molecule has 0 spiro atoms. The van der Waals surface area contributed by atoms with Gasteiger partial charge in [-0.05, 0) is 23.8 Å². The Morgan fingerprint density at radius 1 is 1.18 bits per heavy atom. The summed E-state index contributed by atoms with van der Waals surface area (Å²) >= 11 is 1.28. The minimum absolute atomic E-state index is 0.0958. The summed E-state index contributed by atoms with van der Waals surface area (Å²) in [7, 11) is 0. The molecule has 0 aliphatic heterocycles. The zero-order valence-electron chi connectivity index (χ0n) is 15.2. The molecule has 0 atom stereocenters. The predicted octanol–water partition coefficient (Wildman–Crippen LogP) is 4.33. The van der Waals surface area contributed by atoms with Crippen LogP contribution in [-0.2, 0) is 27.2 Å². The number of hydrogen-bond acceptors (Lipinski definition) is 6. The van der Waals surface area contributed by atoms with Gasteiger partial charge in [0.1, 0.15) is 5.58 Å². The van der Waals surface area contributed by atoms with E-state index in [1.807, 2.05) is 36.4 Å². The number of thiazole rings is 1. The van der Waals surface area contributed by atoms with Crippen LogP contribution < -0.4 is 5.32 Å². The number of amides is 1. The summed E-state index contributed by atoms with van der Waals surface area (Å²) in [5.41, 5.74) is 2.17. The number of carbonyl (C=O) groups is 2. The first-order valence-electron chi connectivity index (χ1n) is 8.91. The van der Waals surface area contributed by atoms with Gasteiger partial charge in [0.15, 0.2) is 5.13 Å². The van der Waals surface area contributed by atoms with Crippen molar-refractivity contribution in [2.45, 2.75) is 19.8 Å². The van der Waals surface area contributed by atoms with E-state index < -0.39 is 0 Å². The van der Waals surface area contributed by atoms with Crippen LogP contribution in [0.5, 0.6) is 0 Å². The Kier molecular flexibility index (Phi) is 5.08. The van der Waals surface area contributed by atoms with E-state index in [9.17, 15) is 9.59 Å². The number of carbonyl (C=O) groups excluding carboxylic acids is 2. The van der Waals surface area contributed by atoms with Crippen LogP contribution in [0, 0.1) is 0 Å². The summed E-state index contributed by atoms with van der Waals surface area (Å²) in [6, 6.07) is 11.9. The summed E-state index contributed by atoms with van der Waals surface area (Å²) in [6.07, 6.45) is 1.90. The second-order valence-corrected chi connectivity index (χ2v) is 7.13. The molecule has 1 N–H and O–H groups in total. The Balaban J connectivity index is 1.49. The molecule has 0 saturated carbocycles. The molecule has 142 valence electrons. The fourth-order valence-electron chi connectivity index (χ4n) is 3.15. The topological polar surface area (TPSA) is 81.4 Å². The largest absolute Gasteiger partial charge is 0.466 e. The van der Waals surface area contributed by atoms with Gasteiger partial charge in [-0.3, -0.25) is 9.59 Å². The van der Waals surface area contributed by atoms with Crippen molar-refractivity contribution in [1.29, 1.82) is 0 Å². The highest BCUT2D eigenvalue weighted by molar-refractivity contribution is 7.13. The lowest BCUT2D eigenvalue weighted by molar-refractivity contribution is -0.142. The Bertz CT molecular complexity index is 1160. The van der Waals surface area contributed by atoms with E-state index in [-0.39, 0.29) is 24.7 Å². The number of nitrogens with zero attached hydrogens (tertiary/aromatic N) is 1. The van der Waals surface area contributed by atoms with Crippen molar-refractivity contribution >= 4 is 50.1 Å². The molecule has 0 saturated heterocycles. The molecule has 0 unspecified atom stereocenters. The lowest BCUT2D eigenvalue weighted by atomic mass is 10.0. The predicted molar refractivity (Wildman–Crippen MR) is 109 cm³/mol. The second-order valence-electron chi connectivity index (χ2n) is 6.27. The number of aromatic nitrogens is 1. The van der Waals surface area contributed by atoms with E-state index >= 15 is 0 Å². The lowest BCUT2D eigenvalue weighted by Crippen LogP contribution is -2.14. The highest BCUT2D eigenvalue weighted by Gasteiger charge is 2.15. The van der Waals surface area contributed by atoms with E-state index in [2.05, 4.69) is 10.3 Å². The Morgan fingerprint density at radius 2 is 2.04 bits per heavy atom. The summed E-state index contributed by atoms with van der Waals surface area (Å²) in [5.74, 6) is -0.518. The second kappa shape index (κ2) is 7.82. The van der Waals surface area contributed by atoms with Crippen molar-refractivity contribution in [2.75, 3.05) is 11.9 Å². The standard InChI is InChI=1S/C21H18N2O4S/c1-2-26-19(25)10-15-12-28-21(22-15)23-18(24)9-14-11-27-17-8-7-13-5-3-4-6-16(13)20(14)17/h3-8,11-12H,2,9-10H2,1H3,(H,22,23,24). The van der Waals surface area contributed by atoms with Crippen LogP contribution in [0.25, 0.3) is 21.7 Å². The van der Waals surface area contributed by atoms with Crippen molar-refractivity contribution in [3.8, 4) is 0 Å². The molecule has 1 amide bonds. The third kappa shape index (κ3) is 3.75. The van der Waals surface area contributed by atoms with E-state index in [4.69, 9.17) is 9.15 Å². The van der Waals surface area contributed by atoms with Gasteiger partial charge < -0.3 is 14.5 Å². The monoisotopic (exact) mass is 394 g/mol. The molecule has 0 aliphatic rings. The Morgan fingerprint density at radius 3 is 2.89 bits per heavy atom. The third-order valence-electron chi connectivity index (χ3n) is 4.32. The van der Waals surface area contributed by atoms with Crippen molar-refractivity contribution in [3.63, 3.8) is 0 Å². The first kappa shape index (κ1) is 18.2. The van der Waals surface area contributed by atoms with Crippen molar-refractivity contribution in [1.82, 2.24) is 4.98 Å². The molecule has 0 fully saturated rings. The van der Waals surface area contributed by atoms with Crippen LogP contribution in [0.4, 0.5) is 5.13 Å². The molecule has 2 heterocycles. The SMILES string of the molecule is CCOC(=O)Cc1csc(NC(=O)Cc2coc3ccc4ccccc4c23)n1. The van der Waals surface area contributed by atoms with Crippen molar-refractivity contribution in [2.24, 2.45) is 0 Å². The van der Waals surface area contributed by atoms with Crippen LogP contribution in [-0.4, -0.2) is 23.5 Å².